The third-order valence-electron chi connectivity index (χ3n) is 2.70. The number of para-hydroxylation sites is 2. The van der Waals surface area contributed by atoms with Gasteiger partial charge in [-0.1, -0.05) is 41.5 Å². The van der Waals surface area contributed by atoms with Crippen LogP contribution < -0.4 is 0 Å². The zero-order chi connectivity index (χ0) is 12.4. The first-order valence-electron chi connectivity index (χ1n) is 5.48. The molecule has 1 heterocycles. The molecule has 0 atom stereocenters. The number of H-pyrrole nitrogens is 1. The minimum atomic E-state index is 0.569. The van der Waals surface area contributed by atoms with Gasteiger partial charge in [-0.2, -0.15) is 0 Å². The molecule has 86 valence electrons. The number of nitrogens with one attached hydrogen (secondary N) is 1. The first kappa shape index (κ1) is 10.4. The number of hydrogen-bond acceptors (Lipinski definition) is 2. The number of imidazole rings is 1. The molecule has 2 aromatic carbocycles. The zero-order valence-corrected chi connectivity index (χ0v) is 9.41. The van der Waals surface area contributed by atoms with E-state index in [1.165, 1.54) is 0 Å². The third-order valence-corrected chi connectivity index (χ3v) is 2.70. The predicted molar refractivity (Wildman–Crippen MR) is 70.3 cm³/mol. The summed E-state index contributed by atoms with van der Waals surface area (Å²) in [7, 11) is 0. The number of azide groups is 1. The van der Waals surface area contributed by atoms with Gasteiger partial charge in [-0.15, -0.1) is 0 Å². The quantitative estimate of drug-likeness (QED) is 0.404. The lowest BCUT2D eigenvalue weighted by atomic mass is 10.2. The number of hydrogen-bond donors (Lipinski definition) is 1. The Balaban J connectivity index is 2.22. The fourth-order valence-corrected chi connectivity index (χ4v) is 1.89. The maximum atomic E-state index is 8.56. The predicted octanol–water partition coefficient (Wildman–Crippen LogP) is 4.17. The summed E-state index contributed by atoms with van der Waals surface area (Å²) in [6.45, 7) is 0. The van der Waals surface area contributed by atoms with Crippen LogP contribution in [0.3, 0.4) is 0 Å². The molecule has 0 aliphatic rings. The minimum Gasteiger partial charge on any atom is -0.338 e. The highest BCUT2D eigenvalue weighted by molar-refractivity contribution is 5.82. The Hall–Kier alpha value is -2.78. The minimum absolute atomic E-state index is 0.569. The van der Waals surface area contributed by atoms with Gasteiger partial charge in [0.15, 0.2) is 0 Å². The Morgan fingerprint density at radius 2 is 1.83 bits per heavy atom. The van der Waals surface area contributed by atoms with Gasteiger partial charge in [0.25, 0.3) is 0 Å². The summed E-state index contributed by atoms with van der Waals surface area (Å²) in [6.07, 6.45) is 0. The van der Waals surface area contributed by atoms with Crippen LogP contribution in [-0.2, 0) is 0 Å². The summed E-state index contributed by atoms with van der Waals surface area (Å²) < 4.78 is 0. The second kappa shape index (κ2) is 4.24. The summed E-state index contributed by atoms with van der Waals surface area (Å²) in [6, 6.07) is 15.1. The van der Waals surface area contributed by atoms with Crippen LogP contribution in [0.25, 0.3) is 32.9 Å². The Bertz CT molecular complexity index is 720. The lowest BCUT2D eigenvalue weighted by Gasteiger charge is -2.00. The van der Waals surface area contributed by atoms with Crippen LogP contribution in [0.2, 0.25) is 0 Å². The highest BCUT2D eigenvalue weighted by Crippen LogP contribution is 2.29. The van der Waals surface area contributed by atoms with E-state index >= 15 is 0 Å². The van der Waals surface area contributed by atoms with E-state index < -0.39 is 0 Å². The van der Waals surface area contributed by atoms with Gasteiger partial charge in [0.2, 0.25) is 0 Å². The molecule has 0 saturated carbocycles. The van der Waals surface area contributed by atoms with E-state index in [-0.39, 0.29) is 0 Å². The van der Waals surface area contributed by atoms with E-state index in [1.807, 2.05) is 42.5 Å². The van der Waals surface area contributed by atoms with Crippen molar-refractivity contribution in [2.24, 2.45) is 5.11 Å². The van der Waals surface area contributed by atoms with Crippen LogP contribution in [0.1, 0.15) is 0 Å². The average Bonchev–Trinajstić information content (AvgIpc) is 2.83. The van der Waals surface area contributed by atoms with Crippen LogP contribution in [0.5, 0.6) is 0 Å². The van der Waals surface area contributed by atoms with Gasteiger partial charge in [0.05, 0.1) is 11.0 Å². The highest BCUT2D eigenvalue weighted by atomic mass is 15.1. The lowest BCUT2D eigenvalue weighted by molar-refractivity contribution is 1.32. The van der Waals surface area contributed by atoms with E-state index in [0.717, 1.165) is 16.6 Å². The van der Waals surface area contributed by atoms with Gasteiger partial charge in [-0.05, 0) is 17.7 Å². The summed E-state index contributed by atoms with van der Waals surface area (Å²) in [4.78, 5) is 10.5. The maximum Gasteiger partial charge on any atom is 0.138 e. The van der Waals surface area contributed by atoms with Crippen LogP contribution in [-0.4, -0.2) is 9.97 Å². The van der Waals surface area contributed by atoms with E-state index in [1.54, 1.807) is 6.07 Å². The van der Waals surface area contributed by atoms with Crippen molar-refractivity contribution in [3.05, 3.63) is 59.0 Å². The number of fused-ring (bicyclic) bond motifs is 1. The van der Waals surface area contributed by atoms with Crippen LogP contribution in [0.15, 0.2) is 53.6 Å². The molecule has 0 spiro atoms. The van der Waals surface area contributed by atoms with Crippen LogP contribution >= 0.6 is 0 Å². The first-order valence-corrected chi connectivity index (χ1v) is 5.48. The Morgan fingerprint density at radius 3 is 2.67 bits per heavy atom. The number of benzene rings is 2. The second-order valence-corrected chi connectivity index (χ2v) is 3.81. The molecule has 18 heavy (non-hydrogen) atoms. The third kappa shape index (κ3) is 1.69. The van der Waals surface area contributed by atoms with E-state index in [4.69, 9.17) is 5.53 Å². The van der Waals surface area contributed by atoms with E-state index in [9.17, 15) is 0 Å². The van der Waals surface area contributed by atoms with Gasteiger partial charge >= 0.3 is 0 Å². The van der Waals surface area contributed by atoms with Crippen molar-refractivity contribution in [3.8, 4) is 11.4 Å². The van der Waals surface area contributed by atoms with Crippen LogP contribution in [0, 0.1) is 0 Å². The summed E-state index contributed by atoms with van der Waals surface area (Å²) in [5.41, 5.74) is 11.8. The fraction of sp³-hybridized carbons (Fsp3) is 0. The van der Waals surface area contributed by atoms with Gasteiger partial charge in [-0.3, -0.25) is 0 Å². The molecule has 5 heteroatoms. The molecule has 0 amide bonds. The average molecular weight is 235 g/mol. The Morgan fingerprint density at radius 1 is 1.06 bits per heavy atom. The second-order valence-electron chi connectivity index (χ2n) is 3.81. The van der Waals surface area contributed by atoms with Crippen LogP contribution in [0.4, 0.5) is 5.69 Å². The molecule has 1 N–H and O–H groups in total. The molecule has 1 aromatic heterocycles. The smallest absolute Gasteiger partial charge is 0.138 e. The molecule has 3 rings (SSSR count). The number of aromatic amines is 1. The van der Waals surface area contributed by atoms with E-state index in [0.29, 0.717) is 11.5 Å². The zero-order valence-electron chi connectivity index (χ0n) is 9.41. The lowest BCUT2D eigenvalue weighted by Crippen LogP contribution is -1.80. The fourth-order valence-electron chi connectivity index (χ4n) is 1.89. The van der Waals surface area contributed by atoms with E-state index in [2.05, 4.69) is 20.0 Å². The van der Waals surface area contributed by atoms with Gasteiger partial charge in [-0.25, -0.2) is 4.98 Å². The van der Waals surface area contributed by atoms with Gasteiger partial charge < -0.3 is 4.98 Å². The number of aromatic nitrogens is 2. The summed E-state index contributed by atoms with van der Waals surface area (Å²) in [5, 5.41) is 3.67. The SMILES string of the molecule is [N-]=[N+]=Nc1ccccc1-c1nc2ccccc2[nH]1. The molecular weight excluding hydrogens is 226 g/mol. The molecule has 0 unspecified atom stereocenters. The normalized spacial score (nSPS) is 10.2. The summed E-state index contributed by atoms with van der Waals surface area (Å²) >= 11 is 0. The number of rotatable bonds is 2. The van der Waals surface area contributed by atoms with Gasteiger partial charge in [0, 0.05) is 16.2 Å². The highest BCUT2D eigenvalue weighted by Gasteiger charge is 2.07. The maximum absolute atomic E-state index is 8.56. The van der Waals surface area contributed by atoms with Crippen molar-refractivity contribution in [2.75, 3.05) is 0 Å². The molecule has 3 aromatic rings. The van der Waals surface area contributed by atoms with Crippen molar-refractivity contribution < 1.29 is 0 Å². The molecule has 0 fully saturated rings. The monoisotopic (exact) mass is 235 g/mol. The standard InChI is InChI=1S/C13H9N5/c14-18-17-10-6-2-1-5-9(10)13-15-11-7-3-4-8-12(11)16-13/h1-8H,(H,15,16). The molecule has 0 bridgehead atoms. The largest absolute Gasteiger partial charge is 0.338 e. The number of nitrogens with zero attached hydrogens (tertiary/aromatic N) is 4. The summed E-state index contributed by atoms with van der Waals surface area (Å²) in [5.74, 6) is 0.708. The topological polar surface area (TPSA) is 77.4 Å². The molecule has 0 saturated heterocycles. The van der Waals surface area contributed by atoms with Crippen molar-refractivity contribution in [3.63, 3.8) is 0 Å². The van der Waals surface area contributed by atoms with Crippen molar-refractivity contribution in [2.45, 2.75) is 0 Å². The van der Waals surface area contributed by atoms with Crippen molar-refractivity contribution >= 4 is 16.7 Å². The Kier molecular flexibility index (Phi) is 2.44. The molecule has 0 aliphatic heterocycles. The Labute approximate surface area is 103 Å². The van der Waals surface area contributed by atoms with Gasteiger partial charge in [0.1, 0.15) is 5.82 Å². The first-order chi connectivity index (χ1) is 8.88. The molecular formula is C13H9N5. The van der Waals surface area contributed by atoms with Crippen molar-refractivity contribution in [1.29, 1.82) is 0 Å². The molecule has 0 aliphatic carbocycles. The molecule has 0 radical (unpaired) electrons. The van der Waals surface area contributed by atoms with Crippen molar-refractivity contribution in [1.82, 2.24) is 9.97 Å². The molecule has 5 nitrogen and oxygen atoms in total.